The van der Waals surface area contributed by atoms with Crippen molar-refractivity contribution >= 4 is 12.6 Å². The number of benzene rings is 1. The van der Waals surface area contributed by atoms with Gasteiger partial charge in [-0.25, -0.2) is 0 Å². The van der Waals surface area contributed by atoms with E-state index < -0.39 is 0 Å². The van der Waals surface area contributed by atoms with E-state index in [9.17, 15) is 0 Å². The van der Waals surface area contributed by atoms with Crippen molar-refractivity contribution in [2.24, 2.45) is 15.9 Å². The van der Waals surface area contributed by atoms with Gasteiger partial charge in [0.2, 0.25) is 5.90 Å². The average Bonchev–Trinajstić information content (AvgIpc) is 2.30. The van der Waals surface area contributed by atoms with Gasteiger partial charge in [0.15, 0.2) is 0 Å². The smallest absolute Gasteiger partial charge is 0.242 e. The van der Waals surface area contributed by atoms with Crippen LogP contribution < -0.4 is 5.73 Å². The minimum absolute atomic E-state index is 0.0364. The molecule has 0 atom stereocenters. The summed E-state index contributed by atoms with van der Waals surface area (Å²) in [6, 6.07) is 5.88. The van der Waals surface area contributed by atoms with Crippen molar-refractivity contribution in [3.8, 4) is 0 Å². The molecule has 92 valence electrons. The topological polar surface area (TPSA) is 69.2 Å². The van der Waals surface area contributed by atoms with Crippen LogP contribution in [0.3, 0.4) is 0 Å². The summed E-state index contributed by atoms with van der Waals surface area (Å²) in [5, 5.41) is 7.30. The van der Waals surface area contributed by atoms with Gasteiger partial charge in [0, 0.05) is 19.4 Å². The summed E-state index contributed by atoms with van der Waals surface area (Å²) in [5.74, 6) is 0.356. The minimum atomic E-state index is 0.0364. The van der Waals surface area contributed by atoms with Gasteiger partial charge in [-0.15, -0.1) is 5.10 Å². The lowest BCUT2D eigenvalue weighted by atomic mass is 10.0. The van der Waals surface area contributed by atoms with Crippen LogP contribution in [0.1, 0.15) is 16.7 Å². The Morgan fingerprint density at radius 2 is 2.24 bits per heavy atom. The molecule has 1 rings (SSSR count). The largest absolute Gasteiger partial charge is 0.460 e. The van der Waals surface area contributed by atoms with Crippen LogP contribution in [0.25, 0.3) is 0 Å². The highest BCUT2D eigenvalue weighted by Gasteiger charge is 2.11. The molecule has 0 unspecified atom stereocenters. The van der Waals surface area contributed by atoms with Gasteiger partial charge in [0.05, 0.1) is 6.61 Å². The molecule has 5 heteroatoms. The molecule has 0 amide bonds. The molecule has 0 bridgehead atoms. The van der Waals surface area contributed by atoms with Gasteiger partial charge in [-0.2, -0.15) is 5.10 Å². The third-order valence-corrected chi connectivity index (χ3v) is 2.17. The maximum absolute atomic E-state index is 5.35. The summed E-state index contributed by atoms with van der Waals surface area (Å²) in [4.78, 5) is 0. The third kappa shape index (κ3) is 3.65. The van der Waals surface area contributed by atoms with E-state index in [4.69, 9.17) is 15.2 Å². The number of hydrogen-bond acceptors (Lipinski definition) is 5. The van der Waals surface area contributed by atoms with Gasteiger partial charge >= 0.3 is 0 Å². The van der Waals surface area contributed by atoms with E-state index in [1.807, 2.05) is 25.1 Å². The van der Waals surface area contributed by atoms with Gasteiger partial charge in [-0.1, -0.05) is 17.7 Å². The van der Waals surface area contributed by atoms with Crippen LogP contribution in [0.15, 0.2) is 28.4 Å². The van der Waals surface area contributed by atoms with E-state index >= 15 is 0 Å². The van der Waals surface area contributed by atoms with Crippen LogP contribution in [-0.2, 0) is 16.1 Å². The summed E-state index contributed by atoms with van der Waals surface area (Å²) in [6.07, 6.45) is 0. The molecular formula is C12H17N3O2. The van der Waals surface area contributed by atoms with Crippen LogP contribution in [0.4, 0.5) is 0 Å². The van der Waals surface area contributed by atoms with Crippen LogP contribution >= 0.6 is 0 Å². The third-order valence-electron chi connectivity index (χ3n) is 2.17. The maximum Gasteiger partial charge on any atom is 0.242 e. The number of hydrogen-bond donors (Lipinski definition) is 1. The summed E-state index contributed by atoms with van der Waals surface area (Å²) >= 11 is 0. The molecule has 0 aliphatic carbocycles. The number of rotatable bonds is 5. The molecule has 0 aliphatic rings. The quantitative estimate of drug-likeness (QED) is 0.363. The molecule has 0 heterocycles. The van der Waals surface area contributed by atoms with E-state index in [2.05, 4.69) is 16.9 Å². The van der Waals surface area contributed by atoms with Crippen LogP contribution in [0.5, 0.6) is 0 Å². The van der Waals surface area contributed by atoms with E-state index in [1.165, 1.54) is 0 Å². The Bertz CT molecular complexity index is 416. The number of methoxy groups -OCH3 is 1. The second-order valence-corrected chi connectivity index (χ2v) is 3.45. The second kappa shape index (κ2) is 6.78. The van der Waals surface area contributed by atoms with Crippen LogP contribution in [0, 0.1) is 6.92 Å². The van der Waals surface area contributed by atoms with Crippen molar-refractivity contribution in [3.05, 3.63) is 34.9 Å². The summed E-state index contributed by atoms with van der Waals surface area (Å²) in [5.41, 5.74) is 8.28. The number of ether oxygens (including phenoxy) is 2. The summed E-state index contributed by atoms with van der Waals surface area (Å²) in [7, 11) is 1.64. The molecule has 1 aromatic carbocycles. The van der Waals surface area contributed by atoms with Gasteiger partial charge < -0.3 is 9.47 Å². The minimum Gasteiger partial charge on any atom is -0.460 e. The van der Waals surface area contributed by atoms with Crippen molar-refractivity contribution in [1.29, 1.82) is 0 Å². The Hall–Kier alpha value is -1.72. The zero-order chi connectivity index (χ0) is 12.7. The van der Waals surface area contributed by atoms with Crippen molar-refractivity contribution in [2.75, 3.05) is 13.8 Å². The lowest BCUT2D eigenvalue weighted by molar-refractivity contribution is 0.184. The monoisotopic (exact) mass is 235 g/mol. The maximum atomic E-state index is 5.35. The molecular weight excluding hydrogens is 218 g/mol. The van der Waals surface area contributed by atoms with Crippen LogP contribution in [0.2, 0.25) is 0 Å². The number of nitrogens with two attached hydrogens (primary N) is 1. The summed E-state index contributed by atoms with van der Waals surface area (Å²) in [6.45, 7) is 5.83. The van der Waals surface area contributed by atoms with E-state index in [1.54, 1.807) is 7.11 Å². The first-order valence-electron chi connectivity index (χ1n) is 5.18. The second-order valence-electron chi connectivity index (χ2n) is 3.45. The normalized spacial score (nSPS) is 11.4. The highest BCUT2D eigenvalue weighted by Crippen LogP contribution is 2.15. The predicted octanol–water partition coefficient (Wildman–Crippen LogP) is 1.44. The van der Waals surface area contributed by atoms with Gasteiger partial charge in [0.25, 0.3) is 0 Å². The Labute approximate surface area is 101 Å². The Kier molecular flexibility index (Phi) is 5.32. The fourth-order valence-electron chi connectivity index (χ4n) is 1.51. The lowest BCUT2D eigenvalue weighted by Crippen LogP contribution is -2.15. The van der Waals surface area contributed by atoms with Gasteiger partial charge in [-0.3, -0.25) is 5.73 Å². The van der Waals surface area contributed by atoms with E-state index in [0.29, 0.717) is 12.5 Å². The van der Waals surface area contributed by atoms with Gasteiger partial charge in [-0.05, 0) is 18.6 Å². The molecule has 0 fully saturated rings. The standard InChI is InChI=1S/C12H17N3O2/c1-9-4-5-11(10(6-9)7-16-3)12(15-14-2)17-8-13/h4-6H,2,7-8,13H2,1,3H3/b15-12-. The average molecular weight is 235 g/mol. The summed E-state index contributed by atoms with van der Waals surface area (Å²) < 4.78 is 10.4. The fraction of sp³-hybridized carbons (Fsp3) is 0.333. The zero-order valence-electron chi connectivity index (χ0n) is 10.1. The molecule has 0 saturated carbocycles. The highest BCUT2D eigenvalue weighted by molar-refractivity contribution is 5.95. The van der Waals surface area contributed by atoms with Crippen molar-refractivity contribution in [2.45, 2.75) is 13.5 Å². The number of aryl methyl sites for hydroxylation is 1. The van der Waals surface area contributed by atoms with Crippen molar-refractivity contribution in [3.63, 3.8) is 0 Å². The molecule has 5 nitrogen and oxygen atoms in total. The first-order valence-corrected chi connectivity index (χ1v) is 5.18. The zero-order valence-corrected chi connectivity index (χ0v) is 10.1. The molecule has 0 aromatic heterocycles. The fourth-order valence-corrected chi connectivity index (χ4v) is 1.51. The first kappa shape index (κ1) is 13.3. The van der Waals surface area contributed by atoms with E-state index in [-0.39, 0.29) is 6.73 Å². The molecule has 1 aromatic rings. The predicted molar refractivity (Wildman–Crippen MR) is 68.1 cm³/mol. The van der Waals surface area contributed by atoms with E-state index in [0.717, 1.165) is 16.7 Å². The molecule has 2 N–H and O–H groups in total. The molecule has 0 aliphatic heterocycles. The number of nitrogens with zero attached hydrogens (tertiary/aromatic N) is 2. The first-order chi connectivity index (χ1) is 8.22. The Morgan fingerprint density at radius 1 is 1.47 bits per heavy atom. The SMILES string of the molecule is C=N/N=C(\OCN)c1ccc(C)cc1COC. The molecule has 0 spiro atoms. The molecule has 0 saturated heterocycles. The molecule has 17 heavy (non-hydrogen) atoms. The van der Waals surface area contributed by atoms with Crippen LogP contribution in [-0.4, -0.2) is 26.5 Å². The Morgan fingerprint density at radius 3 is 2.82 bits per heavy atom. The Balaban J connectivity index is 3.16. The van der Waals surface area contributed by atoms with Crippen molar-refractivity contribution in [1.82, 2.24) is 0 Å². The highest BCUT2D eigenvalue weighted by atomic mass is 16.5. The molecule has 0 radical (unpaired) electrons. The van der Waals surface area contributed by atoms with Gasteiger partial charge in [0.1, 0.15) is 6.73 Å². The van der Waals surface area contributed by atoms with Crippen molar-refractivity contribution < 1.29 is 9.47 Å². The lowest BCUT2D eigenvalue weighted by Gasteiger charge is -2.11.